The lowest BCUT2D eigenvalue weighted by molar-refractivity contribution is -0.171. The second-order valence-electron chi connectivity index (χ2n) is 5.18. The SMILES string of the molecule is O=C(NNC(=O)[C@H]1CC[C@H](C(F)(F)F)NC1=O)c1ccc(Cl)cc1. The summed E-state index contributed by atoms with van der Waals surface area (Å²) < 4.78 is 37.6. The van der Waals surface area contributed by atoms with Gasteiger partial charge in [-0.05, 0) is 37.1 Å². The predicted octanol–water partition coefficient (Wildman–Crippen LogP) is 1.56. The Hall–Kier alpha value is -2.29. The van der Waals surface area contributed by atoms with Crippen LogP contribution in [0.2, 0.25) is 5.02 Å². The fourth-order valence-corrected chi connectivity index (χ4v) is 2.31. The summed E-state index contributed by atoms with van der Waals surface area (Å²) >= 11 is 5.68. The average Bonchev–Trinajstić information content (AvgIpc) is 2.52. The number of hydrazine groups is 1. The van der Waals surface area contributed by atoms with E-state index in [9.17, 15) is 27.6 Å². The Morgan fingerprint density at radius 1 is 1.12 bits per heavy atom. The number of alkyl halides is 3. The van der Waals surface area contributed by atoms with Crippen LogP contribution in [0.15, 0.2) is 24.3 Å². The first-order chi connectivity index (χ1) is 11.2. The van der Waals surface area contributed by atoms with Crippen LogP contribution in [0.4, 0.5) is 13.2 Å². The van der Waals surface area contributed by atoms with Crippen molar-refractivity contribution in [2.45, 2.75) is 25.1 Å². The summed E-state index contributed by atoms with van der Waals surface area (Å²) in [5, 5.41) is 2.19. The highest BCUT2D eigenvalue weighted by molar-refractivity contribution is 6.30. The highest BCUT2D eigenvalue weighted by Gasteiger charge is 2.45. The van der Waals surface area contributed by atoms with Gasteiger partial charge in [0.05, 0.1) is 0 Å². The zero-order chi connectivity index (χ0) is 17.9. The third kappa shape index (κ3) is 4.38. The van der Waals surface area contributed by atoms with Crippen molar-refractivity contribution in [2.24, 2.45) is 5.92 Å². The molecule has 0 unspecified atom stereocenters. The first-order valence-corrected chi connectivity index (χ1v) is 7.29. The first-order valence-electron chi connectivity index (χ1n) is 6.91. The van der Waals surface area contributed by atoms with Gasteiger partial charge in [-0.25, -0.2) is 0 Å². The molecule has 1 aromatic rings. The number of amides is 3. The van der Waals surface area contributed by atoms with Gasteiger partial charge in [0.2, 0.25) is 5.91 Å². The number of hydrogen-bond acceptors (Lipinski definition) is 3. The number of piperidine rings is 1. The van der Waals surface area contributed by atoms with E-state index in [1.165, 1.54) is 24.3 Å². The van der Waals surface area contributed by atoms with Gasteiger partial charge in [0.1, 0.15) is 12.0 Å². The molecule has 0 spiro atoms. The lowest BCUT2D eigenvalue weighted by Gasteiger charge is -2.29. The number of carbonyl (C=O) groups excluding carboxylic acids is 3. The minimum absolute atomic E-state index is 0.213. The van der Waals surface area contributed by atoms with Crippen LogP contribution in [-0.2, 0) is 9.59 Å². The van der Waals surface area contributed by atoms with Crippen molar-refractivity contribution in [1.29, 1.82) is 0 Å². The Balaban J connectivity index is 1.88. The fourth-order valence-electron chi connectivity index (χ4n) is 2.18. The highest BCUT2D eigenvalue weighted by Crippen LogP contribution is 2.28. The van der Waals surface area contributed by atoms with Crippen LogP contribution in [0.1, 0.15) is 23.2 Å². The van der Waals surface area contributed by atoms with Gasteiger partial charge in [-0.1, -0.05) is 11.6 Å². The van der Waals surface area contributed by atoms with Crippen molar-refractivity contribution in [2.75, 3.05) is 0 Å². The van der Waals surface area contributed by atoms with Gasteiger partial charge in [-0.2, -0.15) is 13.2 Å². The molecule has 10 heteroatoms. The average molecular weight is 364 g/mol. The summed E-state index contributed by atoms with van der Waals surface area (Å²) in [6.45, 7) is 0. The molecule has 1 saturated heterocycles. The summed E-state index contributed by atoms with van der Waals surface area (Å²) in [6, 6.07) is 3.84. The van der Waals surface area contributed by atoms with Gasteiger partial charge in [-0.3, -0.25) is 25.2 Å². The summed E-state index contributed by atoms with van der Waals surface area (Å²) in [7, 11) is 0. The second-order valence-corrected chi connectivity index (χ2v) is 5.62. The molecule has 1 aromatic carbocycles. The maximum absolute atomic E-state index is 12.5. The van der Waals surface area contributed by atoms with E-state index in [1.54, 1.807) is 5.32 Å². The van der Waals surface area contributed by atoms with Crippen LogP contribution < -0.4 is 16.2 Å². The Kier molecular flexibility index (Phi) is 5.33. The number of rotatable bonds is 2. The quantitative estimate of drug-likeness (QED) is 0.550. The Labute approximate surface area is 139 Å². The minimum Gasteiger partial charge on any atom is -0.344 e. The van der Waals surface area contributed by atoms with Crippen LogP contribution in [0, 0.1) is 5.92 Å². The van der Waals surface area contributed by atoms with Crippen molar-refractivity contribution in [3.63, 3.8) is 0 Å². The topological polar surface area (TPSA) is 87.3 Å². The highest BCUT2D eigenvalue weighted by atomic mass is 35.5. The van der Waals surface area contributed by atoms with Crippen LogP contribution >= 0.6 is 11.6 Å². The molecule has 3 N–H and O–H groups in total. The van der Waals surface area contributed by atoms with Crippen molar-refractivity contribution >= 4 is 29.3 Å². The molecule has 1 aliphatic rings. The van der Waals surface area contributed by atoms with E-state index < -0.39 is 42.3 Å². The number of halogens is 4. The van der Waals surface area contributed by atoms with Crippen LogP contribution in [0.3, 0.4) is 0 Å². The summed E-state index contributed by atoms with van der Waals surface area (Å²) in [5.74, 6) is -3.85. The standard InChI is InChI=1S/C14H13ClF3N3O3/c15-8-3-1-7(2-4-8)11(22)20-21-13(24)9-5-6-10(14(16,17)18)19-12(9)23/h1-4,9-10H,5-6H2,(H,19,23)(H,20,22)(H,21,24)/t9-,10+/m0/s1. The van der Waals surface area contributed by atoms with E-state index in [4.69, 9.17) is 11.6 Å². The Morgan fingerprint density at radius 2 is 1.75 bits per heavy atom. The van der Waals surface area contributed by atoms with Gasteiger partial charge in [0.25, 0.3) is 11.8 Å². The summed E-state index contributed by atoms with van der Waals surface area (Å²) in [6.07, 6.45) is -5.23. The molecule has 3 amide bonds. The maximum Gasteiger partial charge on any atom is 0.408 e. The zero-order valence-electron chi connectivity index (χ0n) is 12.1. The smallest absolute Gasteiger partial charge is 0.344 e. The van der Waals surface area contributed by atoms with Crippen LogP contribution in [0.25, 0.3) is 0 Å². The number of nitrogens with one attached hydrogen (secondary N) is 3. The lowest BCUT2D eigenvalue weighted by Crippen LogP contribution is -2.56. The third-order valence-electron chi connectivity index (χ3n) is 3.49. The molecule has 1 fully saturated rings. The Morgan fingerprint density at radius 3 is 2.29 bits per heavy atom. The molecule has 130 valence electrons. The molecule has 0 bridgehead atoms. The van der Waals surface area contributed by atoms with E-state index in [0.717, 1.165) is 0 Å². The molecule has 0 radical (unpaired) electrons. The number of carbonyl (C=O) groups is 3. The van der Waals surface area contributed by atoms with Gasteiger partial charge in [0.15, 0.2) is 0 Å². The van der Waals surface area contributed by atoms with E-state index >= 15 is 0 Å². The van der Waals surface area contributed by atoms with E-state index in [2.05, 4.69) is 5.43 Å². The zero-order valence-corrected chi connectivity index (χ0v) is 12.9. The maximum atomic E-state index is 12.5. The molecule has 1 aliphatic heterocycles. The van der Waals surface area contributed by atoms with E-state index in [1.807, 2.05) is 5.43 Å². The second kappa shape index (κ2) is 7.08. The molecule has 0 aromatic heterocycles. The van der Waals surface area contributed by atoms with Crippen molar-refractivity contribution in [3.05, 3.63) is 34.9 Å². The van der Waals surface area contributed by atoms with E-state index in [-0.39, 0.29) is 12.0 Å². The first kappa shape index (κ1) is 18.1. The van der Waals surface area contributed by atoms with Gasteiger partial charge in [-0.15, -0.1) is 0 Å². The summed E-state index contributed by atoms with van der Waals surface area (Å²) in [4.78, 5) is 35.3. The molecule has 0 aliphatic carbocycles. The molecule has 1 heterocycles. The van der Waals surface area contributed by atoms with Crippen molar-refractivity contribution in [1.82, 2.24) is 16.2 Å². The normalized spacial score (nSPS) is 20.9. The molecular weight excluding hydrogens is 351 g/mol. The number of hydrogen-bond donors (Lipinski definition) is 3. The van der Waals surface area contributed by atoms with Gasteiger partial charge >= 0.3 is 6.18 Å². The predicted molar refractivity (Wildman–Crippen MR) is 77.8 cm³/mol. The molecule has 0 saturated carbocycles. The Bertz CT molecular complexity index is 649. The molecular formula is C14H13ClF3N3O3. The molecule has 24 heavy (non-hydrogen) atoms. The lowest BCUT2D eigenvalue weighted by atomic mass is 9.93. The van der Waals surface area contributed by atoms with Gasteiger partial charge in [0, 0.05) is 10.6 Å². The number of benzene rings is 1. The molecule has 2 rings (SSSR count). The van der Waals surface area contributed by atoms with E-state index in [0.29, 0.717) is 5.02 Å². The fraction of sp³-hybridized carbons (Fsp3) is 0.357. The molecule has 6 nitrogen and oxygen atoms in total. The molecule has 2 atom stereocenters. The van der Waals surface area contributed by atoms with Crippen LogP contribution in [-0.4, -0.2) is 29.9 Å². The van der Waals surface area contributed by atoms with Crippen molar-refractivity contribution < 1.29 is 27.6 Å². The summed E-state index contributed by atoms with van der Waals surface area (Å²) in [5.41, 5.74) is 4.34. The largest absolute Gasteiger partial charge is 0.408 e. The monoisotopic (exact) mass is 363 g/mol. The minimum atomic E-state index is -4.56. The third-order valence-corrected chi connectivity index (χ3v) is 3.75. The van der Waals surface area contributed by atoms with Crippen LogP contribution in [0.5, 0.6) is 0 Å². The van der Waals surface area contributed by atoms with Gasteiger partial charge < -0.3 is 5.32 Å². The van der Waals surface area contributed by atoms with Crippen molar-refractivity contribution in [3.8, 4) is 0 Å².